The lowest BCUT2D eigenvalue weighted by Gasteiger charge is -2.20. The summed E-state index contributed by atoms with van der Waals surface area (Å²) in [7, 11) is 2.09. The van der Waals surface area contributed by atoms with Crippen molar-refractivity contribution in [2.45, 2.75) is 38.8 Å². The second-order valence-corrected chi connectivity index (χ2v) is 4.05. The van der Waals surface area contributed by atoms with Crippen LogP contribution >= 0.6 is 0 Å². The van der Waals surface area contributed by atoms with E-state index in [2.05, 4.69) is 31.3 Å². The Balaban J connectivity index is 2.86. The predicted octanol–water partition coefficient (Wildman–Crippen LogP) is 1.13. The highest BCUT2D eigenvalue weighted by Gasteiger charge is 2.28. The van der Waals surface area contributed by atoms with E-state index in [1.54, 1.807) is 0 Å². The Morgan fingerprint density at radius 2 is 2.15 bits per heavy atom. The summed E-state index contributed by atoms with van der Waals surface area (Å²) in [6.07, 6.45) is 0. The van der Waals surface area contributed by atoms with Gasteiger partial charge in [0.1, 0.15) is 7.28 Å². The summed E-state index contributed by atoms with van der Waals surface area (Å²) < 4.78 is 4.90. The molecule has 5 heteroatoms. The minimum Gasteiger partial charge on any atom is -0.393 e. The molecule has 13 heavy (non-hydrogen) atoms. The van der Waals surface area contributed by atoms with Gasteiger partial charge in [0, 0.05) is 5.31 Å². The number of rotatable bonds is 3. The second-order valence-electron chi connectivity index (χ2n) is 4.05. The van der Waals surface area contributed by atoms with Crippen LogP contribution in [0.5, 0.6) is 0 Å². The molecule has 1 N–H and O–H groups in total. The van der Waals surface area contributed by atoms with Crippen molar-refractivity contribution in [2.24, 2.45) is 0 Å². The fraction of sp³-hybridized carbons (Fsp3) is 0.750. The Hall–Kier alpha value is -0.995. The molecule has 0 aliphatic heterocycles. The Labute approximate surface area is 78.0 Å². The van der Waals surface area contributed by atoms with Gasteiger partial charge in [0.25, 0.3) is 0 Å². The van der Waals surface area contributed by atoms with Crippen molar-refractivity contribution < 1.29 is 4.42 Å². The number of H-pyrrole nitrogens is 1. The number of nitrogens with zero attached hydrogens (tertiary/aromatic N) is 1. The van der Waals surface area contributed by atoms with Crippen LogP contribution in [-0.2, 0) is 5.31 Å². The first-order valence-electron chi connectivity index (χ1n) is 4.34. The fourth-order valence-electron chi connectivity index (χ4n) is 1.41. The molecule has 0 fully saturated rings. The zero-order valence-corrected chi connectivity index (χ0v) is 8.42. The van der Waals surface area contributed by atoms with Crippen LogP contribution in [0.2, 0.25) is 5.82 Å². The molecule has 4 nitrogen and oxygen atoms in total. The third kappa shape index (κ3) is 2.47. The monoisotopic (exact) mass is 181 g/mol. The zero-order valence-electron chi connectivity index (χ0n) is 8.42. The first-order valence-corrected chi connectivity index (χ1v) is 4.34. The summed E-state index contributed by atoms with van der Waals surface area (Å²) in [6.45, 7) is 8.08. The third-order valence-corrected chi connectivity index (χ3v) is 1.74. The minimum absolute atomic E-state index is 0.298. The lowest BCUT2D eigenvalue weighted by Crippen LogP contribution is -2.28. The topological polar surface area (TPSA) is 58.9 Å². The Bertz CT molecular complexity index is 327. The van der Waals surface area contributed by atoms with Crippen LogP contribution < -0.4 is 5.76 Å². The molecule has 0 spiro atoms. The maximum absolute atomic E-state index is 10.7. The molecule has 1 aromatic heterocycles. The molecule has 1 heterocycles. The van der Waals surface area contributed by atoms with Crippen molar-refractivity contribution in [3.05, 3.63) is 16.4 Å². The SMILES string of the molecule is CC(C)[B]C(C)(C)c1n[nH]c(=O)o1. The highest BCUT2D eigenvalue weighted by molar-refractivity contribution is 6.41. The molecule has 0 unspecified atom stereocenters. The van der Waals surface area contributed by atoms with Crippen LogP contribution in [0.15, 0.2) is 9.21 Å². The molecule has 0 atom stereocenters. The molecular weight excluding hydrogens is 167 g/mol. The molecule has 0 saturated heterocycles. The van der Waals surface area contributed by atoms with Gasteiger partial charge in [-0.2, -0.15) is 0 Å². The van der Waals surface area contributed by atoms with Gasteiger partial charge in [-0.3, -0.25) is 0 Å². The molecule has 1 radical (unpaired) electrons. The third-order valence-electron chi connectivity index (χ3n) is 1.74. The number of hydrogen-bond donors (Lipinski definition) is 1. The number of aromatic nitrogens is 2. The predicted molar refractivity (Wildman–Crippen MR) is 51.0 cm³/mol. The molecule has 1 rings (SSSR count). The molecule has 71 valence electrons. The molecule has 0 amide bonds. The average molecular weight is 181 g/mol. The maximum atomic E-state index is 10.7. The van der Waals surface area contributed by atoms with Gasteiger partial charge >= 0.3 is 5.76 Å². The van der Waals surface area contributed by atoms with Crippen LogP contribution in [-0.4, -0.2) is 17.5 Å². The zero-order chi connectivity index (χ0) is 10.1. The van der Waals surface area contributed by atoms with Crippen molar-refractivity contribution in [1.82, 2.24) is 10.2 Å². The largest absolute Gasteiger partial charge is 0.434 e. The van der Waals surface area contributed by atoms with Gasteiger partial charge in [-0.1, -0.05) is 33.5 Å². The Morgan fingerprint density at radius 3 is 2.54 bits per heavy atom. The van der Waals surface area contributed by atoms with Crippen LogP contribution in [0.1, 0.15) is 33.6 Å². The molecule has 0 aliphatic rings. The van der Waals surface area contributed by atoms with Crippen LogP contribution in [0, 0.1) is 0 Å². The van der Waals surface area contributed by atoms with E-state index >= 15 is 0 Å². The van der Waals surface area contributed by atoms with E-state index in [0.717, 1.165) is 0 Å². The summed E-state index contributed by atoms with van der Waals surface area (Å²) in [5.41, 5.74) is 0. The first-order chi connectivity index (χ1) is 5.92. The highest BCUT2D eigenvalue weighted by Crippen LogP contribution is 2.22. The van der Waals surface area contributed by atoms with E-state index in [9.17, 15) is 4.79 Å². The maximum Gasteiger partial charge on any atom is 0.434 e. The lowest BCUT2D eigenvalue weighted by molar-refractivity contribution is 0.418. The van der Waals surface area contributed by atoms with Crippen LogP contribution in [0.3, 0.4) is 0 Å². The molecule has 0 bridgehead atoms. The standard InChI is InChI=1S/C8H14BN2O2/c1-5(2)9-8(3,4)6-10-11-7(12)13-6/h5H,1-4H3,(H,11,12). The van der Waals surface area contributed by atoms with Gasteiger partial charge < -0.3 is 4.42 Å². The number of aromatic amines is 1. The van der Waals surface area contributed by atoms with E-state index in [1.165, 1.54) is 0 Å². The van der Waals surface area contributed by atoms with Crippen molar-refractivity contribution in [3.63, 3.8) is 0 Å². The summed E-state index contributed by atoms with van der Waals surface area (Å²) in [4.78, 5) is 10.7. The van der Waals surface area contributed by atoms with Crippen LogP contribution in [0.25, 0.3) is 0 Å². The lowest BCUT2D eigenvalue weighted by atomic mass is 9.48. The van der Waals surface area contributed by atoms with Crippen molar-refractivity contribution >= 4 is 7.28 Å². The fourth-order valence-corrected chi connectivity index (χ4v) is 1.41. The van der Waals surface area contributed by atoms with Gasteiger partial charge in [-0.05, 0) is 0 Å². The number of nitrogens with one attached hydrogen (secondary N) is 1. The highest BCUT2D eigenvalue weighted by atomic mass is 16.4. The van der Waals surface area contributed by atoms with Gasteiger partial charge in [-0.15, -0.1) is 5.10 Å². The van der Waals surface area contributed by atoms with E-state index in [1.807, 2.05) is 13.8 Å². The molecular formula is C8H14BN2O2. The Morgan fingerprint density at radius 1 is 1.54 bits per heavy atom. The first kappa shape index (κ1) is 10.1. The normalized spacial score (nSPS) is 12.1. The average Bonchev–Trinajstić information content (AvgIpc) is 2.32. The van der Waals surface area contributed by atoms with Gasteiger partial charge in [-0.25, -0.2) is 9.89 Å². The van der Waals surface area contributed by atoms with Gasteiger partial charge in [0.05, 0.1) is 0 Å². The van der Waals surface area contributed by atoms with Gasteiger partial charge in [0.2, 0.25) is 5.89 Å². The van der Waals surface area contributed by atoms with E-state index in [0.29, 0.717) is 11.7 Å². The molecule has 0 aromatic carbocycles. The summed E-state index contributed by atoms with van der Waals surface area (Å²) in [6, 6.07) is 0. The van der Waals surface area contributed by atoms with Crippen molar-refractivity contribution in [3.8, 4) is 0 Å². The van der Waals surface area contributed by atoms with E-state index in [4.69, 9.17) is 4.42 Å². The number of hydrogen-bond acceptors (Lipinski definition) is 3. The quantitative estimate of drug-likeness (QED) is 0.711. The molecule has 1 aromatic rings. The molecule has 0 saturated carbocycles. The summed E-state index contributed by atoms with van der Waals surface area (Å²) in [5, 5.41) is 5.76. The minimum atomic E-state index is -0.500. The van der Waals surface area contributed by atoms with E-state index in [-0.39, 0.29) is 5.31 Å². The summed E-state index contributed by atoms with van der Waals surface area (Å²) in [5.74, 6) is 0.364. The van der Waals surface area contributed by atoms with Crippen LogP contribution in [0.4, 0.5) is 0 Å². The summed E-state index contributed by atoms with van der Waals surface area (Å²) >= 11 is 0. The smallest absolute Gasteiger partial charge is 0.393 e. The van der Waals surface area contributed by atoms with Crippen molar-refractivity contribution in [2.75, 3.05) is 0 Å². The second kappa shape index (κ2) is 3.40. The molecule has 0 aliphatic carbocycles. The van der Waals surface area contributed by atoms with Gasteiger partial charge in [0.15, 0.2) is 0 Å². The van der Waals surface area contributed by atoms with E-state index < -0.39 is 5.76 Å². The Kier molecular flexibility index (Phi) is 2.64. The van der Waals surface area contributed by atoms with Crippen molar-refractivity contribution in [1.29, 1.82) is 0 Å².